The Labute approximate surface area is 119 Å². The molecule has 1 fully saturated rings. The Hall–Kier alpha value is -1.78. The standard InChI is InChI=1S/C16H20N4/c1-13-2-4-14(5-3-13)15-10-18-16(19-11-15)12-20-8-6-17-7-9-20/h2-5,10-11,17H,6-9,12H2,1H3. The van der Waals surface area contributed by atoms with E-state index in [1.165, 1.54) is 11.1 Å². The van der Waals surface area contributed by atoms with Crippen molar-refractivity contribution in [3.05, 3.63) is 48.0 Å². The molecule has 0 aliphatic carbocycles. The molecule has 0 radical (unpaired) electrons. The Bertz CT molecular complexity index is 542. The molecular formula is C16H20N4. The molecule has 3 rings (SSSR count). The van der Waals surface area contributed by atoms with E-state index in [0.29, 0.717) is 0 Å². The maximum absolute atomic E-state index is 4.50. The average molecular weight is 268 g/mol. The minimum Gasteiger partial charge on any atom is -0.314 e. The molecular weight excluding hydrogens is 248 g/mol. The number of benzene rings is 1. The zero-order valence-electron chi connectivity index (χ0n) is 11.8. The molecule has 0 unspecified atom stereocenters. The van der Waals surface area contributed by atoms with E-state index in [2.05, 4.69) is 51.4 Å². The first-order chi connectivity index (χ1) is 9.81. The maximum Gasteiger partial charge on any atom is 0.142 e. The van der Waals surface area contributed by atoms with Crippen molar-refractivity contribution >= 4 is 0 Å². The third kappa shape index (κ3) is 3.21. The molecule has 2 heterocycles. The largest absolute Gasteiger partial charge is 0.314 e. The van der Waals surface area contributed by atoms with Gasteiger partial charge in [0.1, 0.15) is 5.82 Å². The van der Waals surface area contributed by atoms with Crippen molar-refractivity contribution < 1.29 is 0 Å². The minimum atomic E-state index is 0.843. The lowest BCUT2D eigenvalue weighted by atomic mass is 10.1. The van der Waals surface area contributed by atoms with Gasteiger partial charge in [0.15, 0.2) is 0 Å². The highest BCUT2D eigenvalue weighted by Gasteiger charge is 2.11. The number of nitrogens with zero attached hydrogens (tertiary/aromatic N) is 3. The van der Waals surface area contributed by atoms with Crippen molar-refractivity contribution in [2.75, 3.05) is 26.2 Å². The van der Waals surface area contributed by atoms with E-state index in [9.17, 15) is 0 Å². The monoisotopic (exact) mass is 268 g/mol. The summed E-state index contributed by atoms with van der Waals surface area (Å²) in [6.07, 6.45) is 3.85. The van der Waals surface area contributed by atoms with E-state index in [4.69, 9.17) is 0 Å². The molecule has 0 atom stereocenters. The van der Waals surface area contributed by atoms with E-state index >= 15 is 0 Å². The lowest BCUT2D eigenvalue weighted by Crippen LogP contribution is -2.43. The Morgan fingerprint density at radius 3 is 2.30 bits per heavy atom. The number of aryl methyl sites for hydroxylation is 1. The van der Waals surface area contributed by atoms with Crippen LogP contribution in [0.25, 0.3) is 11.1 Å². The highest BCUT2D eigenvalue weighted by molar-refractivity contribution is 5.61. The molecule has 0 bridgehead atoms. The number of rotatable bonds is 3. The van der Waals surface area contributed by atoms with Gasteiger partial charge in [-0.05, 0) is 12.5 Å². The molecule has 0 spiro atoms. The van der Waals surface area contributed by atoms with Crippen LogP contribution in [-0.2, 0) is 6.54 Å². The minimum absolute atomic E-state index is 0.843. The van der Waals surface area contributed by atoms with E-state index in [-0.39, 0.29) is 0 Å². The van der Waals surface area contributed by atoms with Gasteiger partial charge in [0.25, 0.3) is 0 Å². The van der Waals surface area contributed by atoms with Gasteiger partial charge < -0.3 is 5.32 Å². The van der Waals surface area contributed by atoms with E-state index in [0.717, 1.165) is 44.1 Å². The summed E-state index contributed by atoms with van der Waals surface area (Å²) in [6.45, 7) is 7.20. The molecule has 20 heavy (non-hydrogen) atoms. The van der Waals surface area contributed by atoms with Crippen molar-refractivity contribution in [2.45, 2.75) is 13.5 Å². The predicted octanol–water partition coefficient (Wildman–Crippen LogP) is 1.86. The number of aromatic nitrogens is 2. The van der Waals surface area contributed by atoms with Crippen molar-refractivity contribution in [3.63, 3.8) is 0 Å². The first-order valence-electron chi connectivity index (χ1n) is 7.12. The van der Waals surface area contributed by atoms with Crippen molar-refractivity contribution in [3.8, 4) is 11.1 Å². The Morgan fingerprint density at radius 2 is 1.65 bits per heavy atom. The van der Waals surface area contributed by atoms with E-state index in [1.807, 2.05) is 12.4 Å². The summed E-state index contributed by atoms with van der Waals surface area (Å²) >= 11 is 0. The zero-order valence-corrected chi connectivity index (χ0v) is 11.8. The van der Waals surface area contributed by atoms with Crippen LogP contribution in [0.2, 0.25) is 0 Å². The second kappa shape index (κ2) is 6.11. The Morgan fingerprint density at radius 1 is 1.00 bits per heavy atom. The summed E-state index contributed by atoms with van der Waals surface area (Å²) < 4.78 is 0. The van der Waals surface area contributed by atoms with Crippen LogP contribution in [0, 0.1) is 6.92 Å². The lowest BCUT2D eigenvalue weighted by molar-refractivity contribution is 0.228. The van der Waals surface area contributed by atoms with Gasteiger partial charge in [-0.1, -0.05) is 29.8 Å². The van der Waals surface area contributed by atoms with E-state index < -0.39 is 0 Å². The van der Waals surface area contributed by atoms with Crippen LogP contribution in [0.4, 0.5) is 0 Å². The second-order valence-electron chi connectivity index (χ2n) is 5.28. The SMILES string of the molecule is Cc1ccc(-c2cnc(CN3CCNCC3)nc2)cc1. The van der Waals surface area contributed by atoms with E-state index in [1.54, 1.807) is 0 Å². The summed E-state index contributed by atoms with van der Waals surface area (Å²) in [6, 6.07) is 8.46. The van der Waals surface area contributed by atoms with Gasteiger partial charge in [-0.25, -0.2) is 9.97 Å². The molecule has 4 nitrogen and oxygen atoms in total. The summed E-state index contributed by atoms with van der Waals surface area (Å²) in [5.41, 5.74) is 3.52. The molecule has 1 aliphatic rings. The summed E-state index contributed by atoms with van der Waals surface area (Å²) in [5, 5.41) is 3.35. The molecule has 2 aromatic rings. The van der Waals surface area contributed by atoms with Gasteiger partial charge in [-0.3, -0.25) is 4.90 Å². The predicted molar refractivity (Wildman–Crippen MR) is 80.4 cm³/mol. The molecule has 1 aromatic carbocycles. The van der Waals surface area contributed by atoms with Crippen LogP contribution in [-0.4, -0.2) is 41.0 Å². The fraction of sp³-hybridized carbons (Fsp3) is 0.375. The fourth-order valence-electron chi connectivity index (χ4n) is 2.40. The summed E-state index contributed by atoms with van der Waals surface area (Å²) in [7, 11) is 0. The maximum atomic E-state index is 4.50. The van der Waals surface area contributed by atoms with Crippen molar-refractivity contribution in [1.82, 2.24) is 20.2 Å². The molecule has 4 heteroatoms. The summed E-state index contributed by atoms with van der Waals surface area (Å²) in [5.74, 6) is 0.905. The molecule has 0 amide bonds. The number of hydrogen-bond donors (Lipinski definition) is 1. The van der Waals surface area contributed by atoms with Crippen LogP contribution in [0.1, 0.15) is 11.4 Å². The third-order valence-corrected chi connectivity index (χ3v) is 3.66. The Kier molecular flexibility index (Phi) is 4.04. The zero-order chi connectivity index (χ0) is 13.8. The van der Waals surface area contributed by atoms with Crippen LogP contribution < -0.4 is 5.32 Å². The first kappa shape index (κ1) is 13.2. The highest BCUT2D eigenvalue weighted by atomic mass is 15.2. The van der Waals surface area contributed by atoms with Gasteiger partial charge in [0, 0.05) is 44.1 Å². The number of hydrogen-bond acceptors (Lipinski definition) is 4. The van der Waals surface area contributed by atoms with Crippen LogP contribution in [0.5, 0.6) is 0 Å². The van der Waals surface area contributed by atoms with Gasteiger partial charge in [-0.15, -0.1) is 0 Å². The quantitative estimate of drug-likeness (QED) is 0.922. The van der Waals surface area contributed by atoms with Crippen LogP contribution in [0.3, 0.4) is 0 Å². The number of piperazine rings is 1. The lowest BCUT2D eigenvalue weighted by Gasteiger charge is -2.26. The number of nitrogens with one attached hydrogen (secondary N) is 1. The molecule has 1 saturated heterocycles. The van der Waals surface area contributed by atoms with Crippen molar-refractivity contribution in [2.24, 2.45) is 0 Å². The summed E-state index contributed by atoms with van der Waals surface area (Å²) in [4.78, 5) is 11.4. The smallest absolute Gasteiger partial charge is 0.142 e. The normalized spacial score (nSPS) is 16.2. The topological polar surface area (TPSA) is 41.1 Å². The first-order valence-corrected chi connectivity index (χ1v) is 7.12. The molecule has 1 N–H and O–H groups in total. The van der Waals surface area contributed by atoms with Gasteiger partial charge in [0.05, 0.1) is 6.54 Å². The highest BCUT2D eigenvalue weighted by Crippen LogP contribution is 2.18. The van der Waals surface area contributed by atoms with Crippen LogP contribution >= 0.6 is 0 Å². The van der Waals surface area contributed by atoms with Gasteiger partial charge in [0.2, 0.25) is 0 Å². The van der Waals surface area contributed by atoms with Gasteiger partial charge in [-0.2, -0.15) is 0 Å². The van der Waals surface area contributed by atoms with Crippen molar-refractivity contribution in [1.29, 1.82) is 0 Å². The molecule has 0 saturated carbocycles. The molecule has 1 aromatic heterocycles. The molecule has 1 aliphatic heterocycles. The third-order valence-electron chi connectivity index (χ3n) is 3.66. The van der Waals surface area contributed by atoms with Gasteiger partial charge >= 0.3 is 0 Å². The molecule has 104 valence electrons. The van der Waals surface area contributed by atoms with Crippen LogP contribution in [0.15, 0.2) is 36.7 Å². The Balaban J connectivity index is 1.69. The second-order valence-corrected chi connectivity index (χ2v) is 5.28. The fourth-order valence-corrected chi connectivity index (χ4v) is 2.40. The average Bonchev–Trinajstić information content (AvgIpc) is 2.50.